The molecule has 104 valence electrons. The predicted octanol–water partition coefficient (Wildman–Crippen LogP) is 1.71. The molecule has 0 bridgehead atoms. The molecule has 0 saturated carbocycles. The number of nitrogens with one attached hydrogen (secondary N) is 1. The summed E-state index contributed by atoms with van der Waals surface area (Å²) in [4.78, 5) is 16.0. The van der Waals surface area contributed by atoms with Crippen molar-refractivity contribution in [3.05, 3.63) is 65.0 Å². The fourth-order valence-electron chi connectivity index (χ4n) is 2.06. The minimum absolute atomic E-state index is 0.00196. The second-order valence-electron chi connectivity index (χ2n) is 4.73. The normalized spacial score (nSPS) is 10.3. The summed E-state index contributed by atoms with van der Waals surface area (Å²) in [7, 11) is 0. The highest BCUT2D eigenvalue weighted by Gasteiger charge is 2.07. The zero-order chi connectivity index (χ0) is 14.4. The molecule has 0 saturated heterocycles. The Morgan fingerprint density at radius 1 is 1.20 bits per heavy atom. The molecule has 0 radical (unpaired) electrons. The SMILES string of the molecule is Cc1cnccc1CNC(=O)Cc1ccccc1CN. The molecule has 1 heterocycles. The first-order chi connectivity index (χ1) is 9.70. The van der Waals surface area contributed by atoms with Crippen molar-refractivity contribution in [3.63, 3.8) is 0 Å². The molecular weight excluding hydrogens is 250 g/mol. The summed E-state index contributed by atoms with van der Waals surface area (Å²) in [5, 5.41) is 2.93. The minimum Gasteiger partial charge on any atom is -0.352 e. The van der Waals surface area contributed by atoms with Crippen LogP contribution < -0.4 is 11.1 Å². The first-order valence-electron chi connectivity index (χ1n) is 6.63. The van der Waals surface area contributed by atoms with E-state index in [2.05, 4.69) is 10.3 Å². The van der Waals surface area contributed by atoms with Crippen molar-refractivity contribution in [2.24, 2.45) is 5.73 Å². The number of pyridine rings is 1. The predicted molar refractivity (Wildman–Crippen MR) is 78.9 cm³/mol. The number of nitrogens with two attached hydrogens (primary N) is 1. The summed E-state index contributed by atoms with van der Waals surface area (Å²) in [6.07, 6.45) is 3.89. The minimum atomic E-state index is 0.00196. The van der Waals surface area contributed by atoms with Crippen LogP contribution in [-0.2, 0) is 24.3 Å². The van der Waals surface area contributed by atoms with Crippen LogP contribution in [-0.4, -0.2) is 10.9 Å². The molecule has 0 aliphatic heterocycles. The van der Waals surface area contributed by atoms with Crippen molar-refractivity contribution in [3.8, 4) is 0 Å². The van der Waals surface area contributed by atoms with Gasteiger partial charge in [0.05, 0.1) is 6.42 Å². The van der Waals surface area contributed by atoms with Crippen molar-refractivity contribution >= 4 is 5.91 Å². The maximum Gasteiger partial charge on any atom is 0.224 e. The van der Waals surface area contributed by atoms with Crippen LogP contribution in [0.3, 0.4) is 0 Å². The quantitative estimate of drug-likeness (QED) is 0.868. The molecule has 2 aromatic rings. The molecule has 0 spiro atoms. The number of benzene rings is 1. The van der Waals surface area contributed by atoms with Crippen molar-refractivity contribution in [1.29, 1.82) is 0 Å². The summed E-state index contributed by atoms with van der Waals surface area (Å²) < 4.78 is 0. The standard InChI is InChI=1S/C16H19N3O/c1-12-10-18-7-6-15(12)11-19-16(20)8-13-4-2-3-5-14(13)9-17/h2-7,10H,8-9,11,17H2,1H3,(H,19,20). The lowest BCUT2D eigenvalue weighted by Gasteiger charge is -2.09. The van der Waals surface area contributed by atoms with Gasteiger partial charge < -0.3 is 11.1 Å². The van der Waals surface area contributed by atoms with E-state index in [1.165, 1.54) is 0 Å². The van der Waals surface area contributed by atoms with Crippen LogP contribution in [0, 0.1) is 6.92 Å². The van der Waals surface area contributed by atoms with Gasteiger partial charge in [0.15, 0.2) is 0 Å². The average molecular weight is 269 g/mol. The Hall–Kier alpha value is -2.20. The van der Waals surface area contributed by atoms with E-state index >= 15 is 0 Å². The van der Waals surface area contributed by atoms with E-state index in [0.29, 0.717) is 19.5 Å². The van der Waals surface area contributed by atoms with Crippen molar-refractivity contribution in [2.75, 3.05) is 0 Å². The van der Waals surface area contributed by atoms with E-state index in [1.807, 2.05) is 37.3 Å². The molecule has 1 amide bonds. The summed E-state index contributed by atoms with van der Waals surface area (Å²) in [5.41, 5.74) is 9.84. The van der Waals surface area contributed by atoms with Gasteiger partial charge in [-0.15, -0.1) is 0 Å². The first-order valence-corrected chi connectivity index (χ1v) is 6.63. The Morgan fingerprint density at radius 3 is 2.65 bits per heavy atom. The van der Waals surface area contributed by atoms with E-state index in [0.717, 1.165) is 22.3 Å². The topological polar surface area (TPSA) is 68.0 Å². The molecule has 0 atom stereocenters. The van der Waals surface area contributed by atoms with E-state index in [9.17, 15) is 4.79 Å². The fourth-order valence-corrected chi connectivity index (χ4v) is 2.06. The molecule has 0 unspecified atom stereocenters. The highest BCUT2D eigenvalue weighted by atomic mass is 16.1. The van der Waals surface area contributed by atoms with Crippen LogP contribution in [0.25, 0.3) is 0 Å². The Bertz CT molecular complexity index is 596. The number of carbonyl (C=O) groups excluding carboxylic acids is 1. The van der Waals surface area contributed by atoms with Crippen LogP contribution in [0.5, 0.6) is 0 Å². The number of rotatable bonds is 5. The van der Waals surface area contributed by atoms with Crippen LogP contribution >= 0.6 is 0 Å². The summed E-state index contributed by atoms with van der Waals surface area (Å²) >= 11 is 0. The second kappa shape index (κ2) is 6.82. The van der Waals surface area contributed by atoms with E-state index in [1.54, 1.807) is 12.4 Å². The Kier molecular flexibility index (Phi) is 4.85. The van der Waals surface area contributed by atoms with Crippen LogP contribution in [0.1, 0.15) is 22.3 Å². The molecule has 4 nitrogen and oxygen atoms in total. The number of carbonyl (C=O) groups is 1. The van der Waals surface area contributed by atoms with E-state index < -0.39 is 0 Å². The zero-order valence-corrected chi connectivity index (χ0v) is 11.6. The van der Waals surface area contributed by atoms with Crippen LogP contribution in [0.4, 0.5) is 0 Å². The molecule has 1 aromatic carbocycles. The lowest BCUT2D eigenvalue weighted by molar-refractivity contribution is -0.120. The molecule has 1 aromatic heterocycles. The number of hydrogen-bond acceptors (Lipinski definition) is 3. The summed E-state index contributed by atoms with van der Waals surface area (Å²) in [5.74, 6) is 0.00196. The third kappa shape index (κ3) is 3.65. The van der Waals surface area contributed by atoms with Crippen molar-refractivity contribution in [2.45, 2.75) is 26.4 Å². The third-order valence-electron chi connectivity index (χ3n) is 3.30. The van der Waals surface area contributed by atoms with Crippen LogP contribution in [0.15, 0.2) is 42.7 Å². The third-order valence-corrected chi connectivity index (χ3v) is 3.30. The average Bonchev–Trinajstić information content (AvgIpc) is 2.47. The zero-order valence-electron chi connectivity index (χ0n) is 11.6. The van der Waals surface area contributed by atoms with Gasteiger partial charge in [0, 0.05) is 25.5 Å². The van der Waals surface area contributed by atoms with Gasteiger partial charge in [0.2, 0.25) is 5.91 Å². The highest BCUT2D eigenvalue weighted by molar-refractivity contribution is 5.78. The smallest absolute Gasteiger partial charge is 0.224 e. The second-order valence-corrected chi connectivity index (χ2v) is 4.73. The number of aromatic nitrogens is 1. The molecule has 0 aliphatic carbocycles. The van der Waals surface area contributed by atoms with Gasteiger partial charge in [-0.2, -0.15) is 0 Å². The molecular formula is C16H19N3O. The van der Waals surface area contributed by atoms with Gasteiger partial charge in [-0.1, -0.05) is 24.3 Å². The number of amides is 1. The van der Waals surface area contributed by atoms with E-state index in [4.69, 9.17) is 5.73 Å². The lowest BCUT2D eigenvalue weighted by Crippen LogP contribution is -2.25. The van der Waals surface area contributed by atoms with Gasteiger partial charge >= 0.3 is 0 Å². The number of aryl methyl sites for hydroxylation is 1. The largest absolute Gasteiger partial charge is 0.352 e. The molecule has 4 heteroatoms. The lowest BCUT2D eigenvalue weighted by atomic mass is 10.0. The van der Waals surface area contributed by atoms with Gasteiger partial charge in [0.1, 0.15) is 0 Å². The number of hydrogen-bond donors (Lipinski definition) is 2. The van der Waals surface area contributed by atoms with Crippen molar-refractivity contribution < 1.29 is 4.79 Å². The summed E-state index contributed by atoms with van der Waals surface area (Å²) in [6.45, 7) is 2.96. The Balaban J connectivity index is 1.95. The van der Waals surface area contributed by atoms with Gasteiger partial charge in [0.25, 0.3) is 0 Å². The van der Waals surface area contributed by atoms with Crippen molar-refractivity contribution in [1.82, 2.24) is 10.3 Å². The molecule has 20 heavy (non-hydrogen) atoms. The highest BCUT2D eigenvalue weighted by Crippen LogP contribution is 2.09. The molecule has 3 N–H and O–H groups in total. The summed E-state index contributed by atoms with van der Waals surface area (Å²) in [6, 6.07) is 9.68. The van der Waals surface area contributed by atoms with E-state index in [-0.39, 0.29) is 5.91 Å². The monoisotopic (exact) mass is 269 g/mol. The first kappa shape index (κ1) is 14.2. The van der Waals surface area contributed by atoms with Gasteiger partial charge in [-0.3, -0.25) is 9.78 Å². The van der Waals surface area contributed by atoms with Gasteiger partial charge in [-0.05, 0) is 35.2 Å². The molecule has 0 fully saturated rings. The maximum absolute atomic E-state index is 12.0. The maximum atomic E-state index is 12.0. The Labute approximate surface area is 119 Å². The molecule has 0 aliphatic rings. The van der Waals surface area contributed by atoms with Crippen LogP contribution in [0.2, 0.25) is 0 Å². The molecule has 2 rings (SSSR count). The Morgan fingerprint density at radius 2 is 1.95 bits per heavy atom. The fraction of sp³-hybridized carbons (Fsp3) is 0.250. The van der Waals surface area contributed by atoms with Gasteiger partial charge in [-0.25, -0.2) is 0 Å². The number of nitrogens with zero attached hydrogens (tertiary/aromatic N) is 1.